The third kappa shape index (κ3) is 6.01. The van der Waals surface area contributed by atoms with Crippen LogP contribution in [0.25, 0.3) is 11.3 Å². The highest BCUT2D eigenvalue weighted by Gasteiger charge is 2.29. The molecule has 3 aromatic rings. The molecule has 3 aromatic carbocycles. The highest BCUT2D eigenvalue weighted by molar-refractivity contribution is 6.37. The Hall–Kier alpha value is -4.47. The summed E-state index contributed by atoms with van der Waals surface area (Å²) in [6, 6.07) is 22.6. The number of nitrogens with zero attached hydrogens (tertiary/aromatic N) is 3. The molecule has 0 bridgehead atoms. The summed E-state index contributed by atoms with van der Waals surface area (Å²) in [6.07, 6.45) is 0. The minimum Gasteiger partial charge on any atom is -0.465 e. The summed E-state index contributed by atoms with van der Waals surface area (Å²) in [6.45, 7) is 5.26. The number of nitrogens with one attached hydrogen (secondary N) is 2. The first-order chi connectivity index (χ1) is 19.7. The minimum absolute atomic E-state index is 0.0418. The molecule has 41 heavy (non-hydrogen) atoms. The lowest BCUT2D eigenvalue weighted by molar-refractivity contribution is -0.120. The maximum absolute atomic E-state index is 13.2. The van der Waals surface area contributed by atoms with E-state index in [9.17, 15) is 14.4 Å². The van der Waals surface area contributed by atoms with Crippen LogP contribution in [0.1, 0.15) is 28.4 Å². The minimum atomic E-state index is -0.470. The Labute approximate surface area is 240 Å². The second-order valence-electron chi connectivity index (χ2n) is 10.5. The van der Waals surface area contributed by atoms with Crippen LogP contribution in [0.4, 0.5) is 17.1 Å². The molecule has 1 unspecified atom stereocenters. The smallest absolute Gasteiger partial charge is 0.337 e. The molecule has 1 fully saturated rings. The fourth-order valence-electron chi connectivity index (χ4n) is 5.17. The van der Waals surface area contributed by atoms with Crippen molar-refractivity contribution in [3.05, 3.63) is 89.5 Å². The van der Waals surface area contributed by atoms with E-state index in [2.05, 4.69) is 34.4 Å². The predicted octanol–water partition coefficient (Wildman–Crippen LogP) is 4.00. The number of likely N-dealkylation sites (N-methyl/N-ethyl adjacent to an activating group) is 2. The van der Waals surface area contributed by atoms with Crippen molar-refractivity contribution in [2.75, 3.05) is 62.9 Å². The Kier molecular flexibility index (Phi) is 8.19. The molecule has 0 aliphatic carbocycles. The number of amides is 2. The normalized spacial score (nSPS) is 18.3. The number of ether oxygens (including phenoxy) is 1. The van der Waals surface area contributed by atoms with Crippen molar-refractivity contribution in [1.29, 1.82) is 0 Å². The number of piperazine rings is 1. The van der Waals surface area contributed by atoms with Crippen LogP contribution in [0.15, 0.2) is 72.8 Å². The second-order valence-corrected chi connectivity index (χ2v) is 10.5. The first-order valence-electron chi connectivity index (χ1n) is 13.6. The van der Waals surface area contributed by atoms with E-state index in [1.807, 2.05) is 54.6 Å². The monoisotopic (exact) mass is 553 g/mol. The van der Waals surface area contributed by atoms with Gasteiger partial charge in [-0.2, -0.15) is 0 Å². The van der Waals surface area contributed by atoms with Crippen molar-refractivity contribution in [1.82, 2.24) is 9.80 Å². The van der Waals surface area contributed by atoms with Crippen LogP contribution in [0.2, 0.25) is 0 Å². The molecule has 5 rings (SSSR count). The first kappa shape index (κ1) is 28.1. The van der Waals surface area contributed by atoms with Gasteiger partial charge in [0.2, 0.25) is 5.91 Å². The molecule has 1 saturated heterocycles. The lowest BCUT2D eigenvalue weighted by Gasteiger charge is -2.37. The number of fused-ring (bicyclic) bond motifs is 1. The molecule has 2 aliphatic heterocycles. The molecular weight excluding hydrogens is 518 g/mol. The fraction of sp³-hybridized carbons (Fsp3) is 0.281. The zero-order valence-corrected chi connectivity index (χ0v) is 23.8. The van der Waals surface area contributed by atoms with Crippen LogP contribution in [-0.2, 0) is 14.3 Å². The molecule has 2 heterocycles. The molecule has 0 radical (unpaired) electrons. The Balaban J connectivity index is 1.39. The molecule has 2 aliphatic rings. The number of methoxy groups -OCH3 is 1. The van der Waals surface area contributed by atoms with Gasteiger partial charge in [0.25, 0.3) is 5.91 Å². The van der Waals surface area contributed by atoms with Gasteiger partial charge >= 0.3 is 5.97 Å². The Morgan fingerprint density at radius 2 is 1.76 bits per heavy atom. The molecule has 0 aromatic heterocycles. The quantitative estimate of drug-likeness (QED) is 0.337. The summed E-state index contributed by atoms with van der Waals surface area (Å²) in [5, 5.41) is 6.32. The topological polar surface area (TPSA) is 94.2 Å². The van der Waals surface area contributed by atoms with Crippen molar-refractivity contribution in [2.45, 2.75) is 13.0 Å². The van der Waals surface area contributed by atoms with E-state index in [4.69, 9.17) is 4.74 Å². The summed E-state index contributed by atoms with van der Waals surface area (Å²) in [5.41, 5.74) is 5.09. The summed E-state index contributed by atoms with van der Waals surface area (Å²) >= 11 is 0. The summed E-state index contributed by atoms with van der Waals surface area (Å²) < 4.78 is 4.83. The molecule has 2 amide bonds. The second kappa shape index (κ2) is 12.0. The van der Waals surface area contributed by atoms with Crippen molar-refractivity contribution < 1.29 is 19.1 Å². The van der Waals surface area contributed by atoms with Crippen LogP contribution in [-0.4, -0.2) is 81.0 Å². The number of hydrogen-bond acceptors (Lipinski definition) is 7. The maximum Gasteiger partial charge on any atom is 0.337 e. The van der Waals surface area contributed by atoms with E-state index in [1.54, 1.807) is 30.1 Å². The average molecular weight is 554 g/mol. The van der Waals surface area contributed by atoms with Gasteiger partial charge < -0.3 is 25.2 Å². The zero-order valence-electron chi connectivity index (χ0n) is 23.8. The van der Waals surface area contributed by atoms with Gasteiger partial charge in [-0.05, 0) is 55.9 Å². The van der Waals surface area contributed by atoms with E-state index in [-0.39, 0.29) is 11.8 Å². The molecule has 2 N–H and O–H groups in total. The molecule has 1 atom stereocenters. The molecular formula is C32H35N5O4. The van der Waals surface area contributed by atoms with Gasteiger partial charge in [0.1, 0.15) is 0 Å². The number of rotatable bonds is 7. The molecule has 9 nitrogen and oxygen atoms in total. The fourth-order valence-corrected chi connectivity index (χ4v) is 5.17. The third-order valence-electron chi connectivity index (χ3n) is 7.80. The number of benzene rings is 3. The summed E-state index contributed by atoms with van der Waals surface area (Å²) in [7, 11) is 5.23. The number of carbonyl (C=O) groups is 3. The molecule has 0 saturated carbocycles. The molecule has 9 heteroatoms. The Morgan fingerprint density at radius 1 is 1.02 bits per heavy atom. The van der Waals surface area contributed by atoms with Gasteiger partial charge in [0.15, 0.2) is 0 Å². The number of carbonyl (C=O) groups excluding carboxylic acids is 3. The Bertz CT molecular complexity index is 1490. The number of hydrogen-bond donors (Lipinski definition) is 2. The van der Waals surface area contributed by atoms with Crippen LogP contribution in [0.5, 0.6) is 0 Å². The number of esters is 1. The van der Waals surface area contributed by atoms with E-state index in [1.165, 1.54) is 7.11 Å². The largest absolute Gasteiger partial charge is 0.465 e. The van der Waals surface area contributed by atoms with E-state index < -0.39 is 5.97 Å². The first-order valence-corrected chi connectivity index (χ1v) is 13.6. The van der Waals surface area contributed by atoms with Crippen molar-refractivity contribution >= 4 is 46.1 Å². The maximum atomic E-state index is 13.2. The van der Waals surface area contributed by atoms with Crippen LogP contribution in [0.3, 0.4) is 0 Å². The summed E-state index contributed by atoms with van der Waals surface area (Å²) in [5.74, 6) is -0.698. The standard InChI is InChI=1S/C32H35N5O4/c1-21-19-37(17-16-35(21)2)20-28(38)36(3)25-13-11-24(12-14-25)33-30(22-8-6-5-7-9-22)29-26-15-10-23(32(40)41-4)18-27(26)34-31(29)39/h5-15,18,21,33H,16-17,19-20H2,1-4H3,(H,34,39)/b30-29-. The van der Waals surface area contributed by atoms with Gasteiger partial charge in [0, 0.05) is 49.7 Å². The van der Waals surface area contributed by atoms with E-state index >= 15 is 0 Å². The third-order valence-corrected chi connectivity index (χ3v) is 7.80. The van der Waals surface area contributed by atoms with Crippen LogP contribution < -0.4 is 15.5 Å². The Morgan fingerprint density at radius 3 is 2.44 bits per heavy atom. The van der Waals surface area contributed by atoms with Crippen LogP contribution >= 0.6 is 0 Å². The van der Waals surface area contributed by atoms with Gasteiger partial charge in [0.05, 0.1) is 36.2 Å². The van der Waals surface area contributed by atoms with Crippen molar-refractivity contribution in [2.24, 2.45) is 0 Å². The van der Waals surface area contributed by atoms with Crippen molar-refractivity contribution in [3.8, 4) is 0 Å². The highest BCUT2D eigenvalue weighted by Crippen LogP contribution is 2.38. The van der Waals surface area contributed by atoms with E-state index in [0.717, 1.165) is 36.6 Å². The average Bonchev–Trinajstić information content (AvgIpc) is 3.32. The van der Waals surface area contributed by atoms with Gasteiger partial charge in [-0.3, -0.25) is 14.5 Å². The van der Waals surface area contributed by atoms with Crippen LogP contribution in [0, 0.1) is 0 Å². The molecule has 0 spiro atoms. The van der Waals surface area contributed by atoms with Gasteiger partial charge in [-0.25, -0.2) is 4.79 Å². The van der Waals surface area contributed by atoms with Gasteiger partial charge in [-0.1, -0.05) is 36.4 Å². The highest BCUT2D eigenvalue weighted by atomic mass is 16.5. The van der Waals surface area contributed by atoms with E-state index in [0.29, 0.717) is 40.7 Å². The zero-order chi connectivity index (χ0) is 29.1. The summed E-state index contributed by atoms with van der Waals surface area (Å²) in [4.78, 5) is 44.5. The van der Waals surface area contributed by atoms with Crippen molar-refractivity contribution in [3.63, 3.8) is 0 Å². The lowest BCUT2D eigenvalue weighted by atomic mass is 9.99. The molecule has 212 valence electrons. The predicted molar refractivity (Wildman–Crippen MR) is 162 cm³/mol. The number of anilines is 3. The lowest BCUT2D eigenvalue weighted by Crippen LogP contribution is -2.52. The SMILES string of the molecule is COC(=O)c1ccc2c(c1)NC(=O)/C2=C(\Nc1ccc(N(C)C(=O)CN2CCN(C)C(C)C2)cc1)c1ccccc1. The van der Waals surface area contributed by atoms with Gasteiger partial charge in [-0.15, -0.1) is 0 Å².